The molecule has 20 heavy (non-hydrogen) atoms. The fraction of sp³-hybridized carbons (Fsp3) is 0.214. The summed E-state index contributed by atoms with van der Waals surface area (Å²) in [7, 11) is 0. The Balaban J connectivity index is 2.38. The maximum Gasteiger partial charge on any atom is 0.261 e. The van der Waals surface area contributed by atoms with Crippen LogP contribution in [0.5, 0.6) is 0 Å². The van der Waals surface area contributed by atoms with E-state index in [2.05, 4.69) is 5.10 Å². The van der Waals surface area contributed by atoms with Gasteiger partial charge in [-0.1, -0.05) is 12.1 Å². The minimum absolute atomic E-state index is 0.123. The number of aromatic nitrogens is 3. The zero-order valence-electron chi connectivity index (χ0n) is 11.0. The number of amides is 1. The first-order valence-electron chi connectivity index (χ1n) is 6.34. The molecule has 102 valence electrons. The molecule has 0 saturated carbocycles. The van der Waals surface area contributed by atoms with Crippen molar-refractivity contribution < 1.29 is 4.79 Å². The van der Waals surface area contributed by atoms with Crippen molar-refractivity contribution in [3.8, 4) is 0 Å². The van der Waals surface area contributed by atoms with Gasteiger partial charge in [-0.15, -0.1) is 0 Å². The van der Waals surface area contributed by atoms with Crippen LogP contribution in [0.25, 0.3) is 16.6 Å². The van der Waals surface area contributed by atoms with E-state index in [9.17, 15) is 9.59 Å². The van der Waals surface area contributed by atoms with Crippen molar-refractivity contribution >= 4 is 22.5 Å². The van der Waals surface area contributed by atoms with Gasteiger partial charge < -0.3 is 5.73 Å². The minimum atomic E-state index is -0.431. The highest BCUT2D eigenvalue weighted by Gasteiger charge is 2.12. The highest BCUT2D eigenvalue weighted by Crippen LogP contribution is 2.14. The highest BCUT2D eigenvalue weighted by atomic mass is 16.1. The van der Waals surface area contributed by atoms with Gasteiger partial charge in [0.15, 0.2) is 0 Å². The summed E-state index contributed by atoms with van der Waals surface area (Å²) in [5, 5.41) is 4.99. The number of nitrogens with two attached hydrogens (primary N) is 1. The minimum Gasteiger partial charge on any atom is -0.370 e. The zero-order chi connectivity index (χ0) is 14.3. The molecule has 0 aliphatic carbocycles. The smallest absolute Gasteiger partial charge is 0.261 e. The van der Waals surface area contributed by atoms with Gasteiger partial charge in [-0.05, 0) is 19.1 Å². The van der Waals surface area contributed by atoms with Gasteiger partial charge in [0, 0.05) is 19.0 Å². The number of nitrogens with zero attached hydrogens (tertiary/aromatic N) is 3. The molecule has 0 unspecified atom stereocenters. The molecule has 2 heterocycles. The number of rotatable bonds is 3. The first kappa shape index (κ1) is 12.4. The average Bonchev–Trinajstić information content (AvgIpc) is 2.80. The monoisotopic (exact) mass is 270 g/mol. The van der Waals surface area contributed by atoms with E-state index in [-0.39, 0.29) is 18.5 Å². The van der Waals surface area contributed by atoms with Crippen LogP contribution < -0.4 is 11.3 Å². The van der Waals surface area contributed by atoms with Gasteiger partial charge >= 0.3 is 0 Å². The maximum atomic E-state index is 12.5. The number of benzene rings is 1. The van der Waals surface area contributed by atoms with Crippen molar-refractivity contribution in [1.82, 2.24) is 14.2 Å². The van der Waals surface area contributed by atoms with Crippen molar-refractivity contribution in [2.24, 2.45) is 5.73 Å². The molecule has 3 aromatic rings. The molecule has 6 heteroatoms. The van der Waals surface area contributed by atoms with Gasteiger partial charge in [0.25, 0.3) is 5.56 Å². The lowest BCUT2D eigenvalue weighted by Crippen LogP contribution is -2.25. The quantitative estimate of drug-likeness (QED) is 0.765. The Morgan fingerprint density at radius 1 is 1.35 bits per heavy atom. The normalized spacial score (nSPS) is 11.2. The Morgan fingerprint density at radius 3 is 2.85 bits per heavy atom. The Kier molecular flexibility index (Phi) is 2.78. The third-order valence-electron chi connectivity index (χ3n) is 3.28. The van der Waals surface area contributed by atoms with E-state index in [1.54, 1.807) is 15.1 Å². The molecular weight excluding hydrogens is 256 g/mol. The highest BCUT2D eigenvalue weighted by molar-refractivity contribution is 5.80. The van der Waals surface area contributed by atoms with E-state index in [0.717, 1.165) is 11.2 Å². The molecular formula is C14H14N4O2. The van der Waals surface area contributed by atoms with Gasteiger partial charge in [-0.3, -0.25) is 14.2 Å². The average molecular weight is 270 g/mol. The number of primary amides is 1. The molecule has 0 aliphatic rings. The summed E-state index contributed by atoms with van der Waals surface area (Å²) in [5.41, 5.74) is 7.29. The molecule has 0 saturated heterocycles. The molecule has 0 aliphatic heterocycles. The summed E-state index contributed by atoms with van der Waals surface area (Å²) < 4.78 is 3.28. The second kappa shape index (κ2) is 4.48. The van der Waals surface area contributed by atoms with Gasteiger partial charge in [0.1, 0.15) is 5.65 Å². The summed E-state index contributed by atoms with van der Waals surface area (Å²) in [6.45, 7) is 2.12. The van der Waals surface area contributed by atoms with E-state index in [1.807, 2.05) is 31.2 Å². The molecule has 0 spiro atoms. The van der Waals surface area contributed by atoms with Gasteiger partial charge in [-0.25, -0.2) is 4.52 Å². The topological polar surface area (TPSA) is 82.4 Å². The summed E-state index contributed by atoms with van der Waals surface area (Å²) >= 11 is 0. The Labute approximate surface area is 114 Å². The van der Waals surface area contributed by atoms with Crippen molar-refractivity contribution in [2.75, 3.05) is 0 Å². The van der Waals surface area contributed by atoms with Crippen molar-refractivity contribution in [2.45, 2.75) is 19.9 Å². The van der Waals surface area contributed by atoms with Gasteiger partial charge in [0.2, 0.25) is 5.91 Å². The predicted molar refractivity (Wildman–Crippen MR) is 75.5 cm³/mol. The SMILES string of the molecule is Cc1cc2n(CCC(N)=O)c(=O)c3ccccc3n2n1. The lowest BCUT2D eigenvalue weighted by atomic mass is 10.2. The summed E-state index contributed by atoms with van der Waals surface area (Å²) in [4.78, 5) is 23.5. The largest absolute Gasteiger partial charge is 0.370 e. The fourth-order valence-corrected chi connectivity index (χ4v) is 2.38. The van der Waals surface area contributed by atoms with E-state index in [1.165, 1.54) is 0 Å². The number of para-hydroxylation sites is 1. The molecule has 0 radical (unpaired) electrons. The van der Waals surface area contributed by atoms with Crippen molar-refractivity contribution in [3.63, 3.8) is 0 Å². The van der Waals surface area contributed by atoms with Crippen molar-refractivity contribution in [3.05, 3.63) is 46.4 Å². The zero-order valence-corrected chi connectivity index (χ0v) is 11.0. The lowest BCUT2D eigenvalue weighted by molar-refractivity contribution is -0.118. The van der Waals surface area contributed by atoms with Crippen LogP contribution in [0.3, 0.4) is 0 Å². The van der Waals surface area contributed by atoms with E-state index in [4.69, 9.17) is 5.73 Å². The number of hydrogen-bond donors (Lipinski definition) is 1. The first-order valence-corrected chi connectivity index (χ1v) is 6.34. The van der Waals surface area contributed by atoms with Gasteiger partial charge in [0.05, 0.1) is 16.6 Å². The molecule has 0 fully saturated rings. The summed E-state index contributed by atoms with van der Waals surface area (Å²) in [5.74, 6) is -0.431. The fourth-order valence-electron chi connectivity index (χ4n) is 2.38. The molecule has 6 nitrogen and oxygen atoms in total. The summed E-state index contributed by atoms with van der Waals surface area (Å²) in [6, 6.07) is 9.12. The van der Waals surface area contributed by atoms with Gasteiger partial charge in [-0.2, -0.15) is 5.10 Å². The van der Waals surface area contributed by atoms with Crippen LogP contribution in [0, 0.1) is 6.92 Å². The molecule has 2 aromatic heterocycles. The molecule has 1 amide bonds. The Bertz CT molecular complexity index is 876. The number of carbonyl (C=O) groups is 1. The second-order valence-electron chi connectivity index (χ2n) is 4.75. The second-order valence-corrected chi connectivity index (χ2v) is 4.75. The summed E-state index contributed by atoms with van der Waals surface area (Å²) in [6.07, 6.45) is 0.123. The van der Waals surface area contributed by atoms with Crippen LogP contribution in [0.2, 0.25) is 0 Å². The van der Waals surface area contributed by atoms with Crippen LogP contribution >= 0.6 is 0 Å². The third kappa shape index (κ3) is 1.85. The molecule has 3 rings (SSSR count). The number of carbonyl (C=O) groups excluding carboxylic acids is 1. The van der Waals surface area contributed by atoms with Crippen LogP contribution in [-0.4, -0.2) is 20.1 Å². The molecule has 1 aromatic carbocycles. The van der Waals surface area contributed by atoms with Crippen LogP contribution in [0.1, 0.15) is 12.1 Å². The molecule has 2 N–H and O–H groups in total. The van der Waals surface area contributed by atoms with Crippen LogP contribution in [0.15, 0.2) is 35.1 Å². The lowest BCUT2D eigenvalue weighted by Gasteiger charge is -2.09. The van der Waals surface area contributed by atoms with Crippen LogP contribution in [-0.2, 0) is 11.3 Å². The van der Waals surface area contributed by atoms with E-state index < -0.39 is 5.91 Å². The van der Waals surface area contributed by atoms with E-state index in [0.29, 0.717) is 11.0 Å². The Hall–Kier alpha value is -2.63. The molecule has 0 atom stereocenters. The Morgan fingerprint density at radius 2 is 2.10 bits per heavy atom. The number of fused-ring (bicyclic) bond motifs is 3. The van der Waals surface area contributed by atoms with E-state index >= 15 is 0 Å². The standard InChI is InChI=1S/C14H14N4O2/c1-9-8-13-17(7-6-12(15)19)14(20)10-4-2-3-5-11(10)18(13)16-9/h2-5,8H,6-7H2,1H3,(H2,15,19). The van der Waals surface area contributed by atoms with Crippen LogP contribution in [0.4, 0.5) is 0 Å². The first-order chi connectivity index (χ1) is 9.58. The number of hydrogen-bond acceptors (Lipinski definition) is 3. The molecule has 0 bridgehead atoms. The maximum absolute atomic E-state index is 12.5. The predicted octanol–water partition coefficient (Wildman–Crippen LogP) is 0.833. The third-order valence-corrected chi connectivity index (χ3v) is 3.28. The van der Waals surface area contributed by atoms with Crippen molar-refractivity contribution in [1.29, 1.82) is 0 Å². The number of aryl methyl sites for hydroxylation is 2.